The summed E-state index contributed by atoms with van der Waals surface area (Å²) >= 11 is 0. The summed E-state index contributed by atoms with van der Waals surface area (Å²) < 4.78 is 13.7. The van der Waals surface area contributed by atoms with E-state index >= 15 is 0 Å². The first-order valence-corrected chi connectivity index (χ1v) is 7.05. The zero-order valence-electron chi connectivity index (χ0n) is 10.8. The van der Waals surface area contributed by atoms with Gasteiger partial charge in [-0.2, -0.15) is 0 Å². The van der Waals surface area contributed by atoms with E-state index in [1.165, 1.54) is 44.9 Å². The van der Waals surface area contributed by atoms with E-state index in [9.17, 15) is 4.39 Å². The Bertz CT molecular complexity index is 337. The van der Waals surface area contributed by atoms with Crippen molar-refractivity contribution in [2.45, 2.75) is 57.8 Å². The van der Waals surface area contributed by atoms with Gasteiger partial charge in [-0.1, -0.05) is 44.4 Å². The number of benzene rings is 1. The van der Waals surface area contributed by atoms with Crippen molar-refractivity contribution in [3.63, 3.8) is 0 Å². The number of halogens is 1. The van der Waals surface area contributed by atoms with Crippen LogP contribution in [0.2, 0.25) is 0 Å². The summed E-state index contributed by atoms with van der Waals surface area (Å²) in [5.74, 6) is 1.36. The Labute approximate surface area is 104 Å². The Hall–Kier alpha value is -0.850. The van der Waals surface area contributed by atoms with E-state index < -0.39 is 0 Å². The third-order valence-corrected chi connectivity index (χ3v) is 4.16. The molecule has 0 saturated heterocycles. The molecule has 0 unspecified atom stereocenters. The second-order valence-electron chi connectivity index (χ2n) is 5.38. The Kier molecular flexibility index (Phi) is 4.58. The van der Waals surface area contributed by atoms with Crippen molar-refractivity contribution >= 4 is 0 Å². The van der Waals surface area contributed by atoms with E-state index in [4.69, 9.17) is 0 Å². The zero-order chi connectivity index (χ0) is 12.1. The average molecular weight is 234 g/mol. The van der Waals surface area contributed by atoms with Crippen LogP contribution in [0.15, 0.2) is 24.3 Å². The minimum atomic E-state index is -0.00971. The van der Waals surface area contributed by atoms with Gasteiger partial charge in [-0.3, -0.25) is 0 Å². The summed E-state index contributed by atoms with van der Waals surface area (Å²) in [4.78, 5) is 0. The predicted octanol–water partition coefficient (Wildman–Crippen LogP) is 5.29. The van der Waals surface area contributed by atoms with Crippen molar-refractivity contribution in [3.8, 4) is 0 Å². The molecule has 1 fully saturated rings. The van der Waals surface area contributed by atoms with Crippen molar-refractivity contribution < 1.29 is 4.39 Å². The van der Waals surface area contributed by atoms with Crippen LogP contribution in [-0.4, -0.2) is 0 Å². The topological polar surface area (TPSA) is 0 Å². The first-order chi connectivity index (χ1) is 8.31. The number of hydrogen-bond donors (Lipinski definition) is 0. The van der Waals surface area contributed by atoms with Crippen molar-refractivity contribution in [2.24, 2.45) is 5.92 Å². The molecule has 1 aliphatic rings. The molecule has 0 aromatic heterocycles. The quantitative estimate of drug-likeness (QED) is 0.664. The van der Waals surface area contributed by atoms with Gasteiger partial charge in [-0.05, 0) is 49.1 Å². The molecular formula is C16H23F. The Morgan fingerprint density at radius 3 is 2.47 bits per heavy atom. The molecule has 0 heterocycles. The second kappa shape index (κ2) is 6.18. The van der Waals surface area contributed by atoms with Crippen LogP contribution in [0.3, 0.4) is 0 Å². The molecule has 0 aliphatic heterocycles. The second-order valence-corrected chi connectivity index (χ2v) is 5.38. The molecule has 1 aromatic carbocycles. The maximum Gasteiger partial charge on any atom is 0.126 e. The lowest BCUT2D eigenvalue weighted by molar-refractivity contribution is 0.301. The fraction of sp³-hybridized carbons (Fsp3) is 0.625. The molecule has 94 valence electrons. The largest absolute Gasteiger partial charge is 0.207 e. The van der Waals surface area contributed by atoms with Crippen LogP contribution in [-0.2, 0) is 0 Å². The van der Waals surface area contributed by atoms with Crippen LogP contribution in [0.25, 0.3) is 0 Å². The molecule has 0 atom stereocenters. The summed E-state index contributed by atoms with van der Waals surface area (Å²) in [6.45, 7) is 2.25. The molecule has 0 spiro atoms. The summed E-state index contributed by atoms with van der Waals surface area (Å²) in [6.07, 6.45) is 8.96. The average Bonchev–Trinajstić information content (AvgIpc) is 2.38. The highest BCUT2D eigenvalue weighted by Crippen LogP contribution is 2.38. The first kappa shape index (κ1) is 12.6. The van der Waals surface area contributed by atoms with E-state index in [-0.39, 0.29) is 5.82 Å². The summed E-state index contributed by atoms with van der Waals surface area (Å²) in [5.41, 5.74) is 0.946. The van der Waals surface area contributed by atoms with Crippen LogP contribution in [0.4, 0.5) is 4.39 Å². The maximum absolute atomic E-state index is 13.7. The first-order valence-electron chi connectivity index (χ1n) is 7.05. The van der Waals surface area contributed by atoms with E-state index in [2.05, 4.69) is 6.92 Å². The molecule has 1 saturated carbocycles. The highest BCUT2D eigenvalue weighted by Gasteiger charge is 2.23. The fourth-order valence-electron chi connectivity index (χ4n) is 3.06. The number of rotatable bonds is 4. The molecule has 0 radical (unpaired) electrons. The molecule has 0 amide bonds. The van der Waals surface area contributed by atoms with Crippen LogP contribution >= 0.6 is 0 Å². The van der Waals surface area contributed by atoms with Crippen LogP contribution in [0.5, 0.6) is 0 Å². The fourth-order valence-corrected chi connectivity index (χ4v) is 3.06. The van der Waals surface area contributed by atoms with E-state index in [0.717, 1.165) is 11.5 Å². The third-order valence-electron chi connectivity index (χ3n) is 4.16. The molecule has 17 heavy (non-hydrogen) atoms. The lowest BCUT2D eigenvalue weighted by Crippen LogP contribution is -2.14. The molecule has 2 rings (SSSR count). The molecule has 1 aliphatic carbocycles. The molecule has 1 aromatic rings. The highest BCUT2D eigenvalue weighted by atomic mass is 19.1. The van der Waals surface area contributed by atoms with Gasteiger partial charge in [-0.15, -0.1) is 0 Å². The van der Waals surface area contributed by atoms with Gasteiger partial charge >= 0.3 is 0 Å². The van der Waals surface area contributed by atoms with Crippen LogP contribution < -0.4 is 0 Å². The molecule has 0 bridgehead atoms. The van der Waals surface area contributed by atoms with Gasteiger partial charge in [0.2, 0.25) is 0 Å². The Balaban J connectivity index is 1.89. The van der Waals surface area contributed by atoms with E-state index in [1.54, 1.807) is 12.1 Å². The van der Waals surface area contributed by atoms with E-state index in [0.29, 0.717) is 5.92 Å². The summed E-state index contributed by atoms with van der Waals surface area (Å²) in [7, 11) is 0. The summed E-state index contributed by atoms with van der Waals surface area (Å²) in [5, 5.41) is 0. The maximum atomic E-state index is 13.7. The smallest absolute Gasteiger partial charge is 0.126 e. The number of hydrogen-bond acceptors (Lipinski definition) is 0. The minimum absolute atomic E-state index is 0.00971. The SMILES string of the molecule is CCCCC1CCC(c2ccccc2F)CC1. The monoisotopic (exact) mass is 234 g/mol. The van der Waals surface area contributed by atoms with Gasteiger partial charge in [0.25, 0.3) is 0 Å². The molecular weight excluding hydrogens is 211 g/mol. The Morgan fingerprint density at radius 2 is 1.82 bits per heavy atom. The molecule has 1 heteroatoms. The Morgan fingerprint density at radius 1 is 1.12 bits per heavy atom. The van der Waals surface area contributed by atoms with Crippen molar-refractivity contribution in [1.82, 2.24) is 0 Å². The lowest BCUT2D eigenvalue weighted by atomic mass is 9.77. The van der Waals surface area contributed by atoms with Crippen molar-refractivity contribution in [1.29, 1.82) is 0 Å². The van der Waals surface area contributed by atoms with Gasteiger partial charge in [0, 0.05) is 0 Å². The van der Waals surface area contributed by atoms with Gasteiger partial charge in [0.15, 0.2) is 0 Å². The summed E-state index contributed by atoms with van der Waals surface area (Å²) in [6, 6.07) is 7.30. The lowest BCUT2D eigenvalue weighted by Gasteiger charge is -2.29. The highest BCUT2D eigenvalue weighted by molar-refractivity contribution is 5.22. The molecule has 0 nitrogen and oxygen atoms in total. The normalized spacial score (nSPS) is 24.8. The van der Waals surface area contributed by atoms with Crippen molar-refractivity contribution in [3.05, 3.63) is 35.6 Å². The van der Waals surface area contributed by atoms with Gasteiger partial charge in [-0.25, -0.2) is 4.39 Å². The number of unbranched alkanes of at least 4 members (excludes halogenated alkanes) is 1. The minimum Gasteiger partial charge on any atom is -0.207 e. The van der Waals surface area contributed by atoms with Crippen LogP contribution in [0.1, 0.15) is 63.4 Å². The standard InChI is InChI=1S/C16H23F/c1-2-3-6-13-9-11-14(12-10-13)15-7-4-5-8-16(15)17/h4-5,7-8,13-14H,2-3,6,9-12H2,1H3. The predicted molar refractivity (Wildman–Crippen MR) is 70.6 cm³/mol. The third kappa shape index (κ3) is 3.31. The van der Waals surface area contributed by atoms with Crippen LogP contribution in [0, 0.1) is 11.7 Å². The molecule has 0 N–H and O–H groups in total. The van der Waals surface area contributed by atoms with Gasteiger partial charge in [0.1, 0.15) is 5.82 Å². The zero-order valence-corrected chi connectivity index (χ0v) is 10.8. The van der Waals surface area contributed by atoms with Crippen molar-refractivity contribution in [2.75, 3.05) is 0 Å². The van der Waals surface area contributed by atoms with E-state index in [1.807, 2.05) is 12.1 Å². The van der Waals surface area contributed by atoms with Gasteiger partial charge < -0.3 is 0 Å². The van der Waals surface area contributed by atoms with Gasteiger partial charge in [0.05, 0.1) is 0 Å².